The summed E-state index contributed by atoms with van der Waals surface area (Å²) in [6.45, 7) is 7.31. The topological polar surface area (TPSA) is 48.1 Å². The second-order valence-electron chi connectivity index (χ2n) is 6.85. The summed E-state index contributed by atoms with van der Waals surface area (Å²) in [7, 11) is 0. The third-order valence-electron chi connectivity index (χ3n) is 4.33. The normalized spacial score (nSPS) is 14.6. The lowest BCUT2D eigenvalue weighted by molar-refractivity contribution is 0.171. The highest BCUT2D eigenvalue weighted by atomic mass is 32.1. The van der Waals surface area contributed by atoms with Crippen molar-refractivity contribution in [2.75, 3.05) is 13.2 Å². The van der Waals surface area contributed by atoms with Crippen LogP contribution >= 0.6 is 11.3 Å². The first kappa shape index (κ1) is 18.5. The van der Waals surface area contributed by atoms with E-state index in [1.54, 1.807) is 11.3 Å². The van der Waals surface area contributed by atoms with E-state index in [-0.39, 0.29) is 6.04 Å². The van der Waals surface area contributed by atoms with Crippen LogP contribution in [0.3, 0.4) is 0 Å². The van der Waals surface area contributed by atoms with Gasteiger partial charge in [0.15, 0.2) is 11.5 Å². The molecule has 0 radical (unpaired) electrons. The van der Waals surface area contributed by atoms with Gasteiger partial charge in [-0.15, -0.1) is 11.3 Å². The molecule has 0 N–H and O–H groups in total. The van der Waals surface area contributed by atoms with Crippen LogP contribution in [-0.2, 0) is 0 Å². The van der Waals surface area contributed by atoms with Crippen molar-refractivity contribution in [2.45, 2.75) is 26.8 Å². The Kier molecular flexibility index (Phi) is 5.30. The van der Waals surface area contributed by atoms with Crippen LogP contribution in [0.25, 0.3) is 11.3 Å². The highest BCUT2D eigenvalue weighted by Crippen LogP contribution is 2.31. The monoisotopic (exact) mass is 393 g/mol. The van der Waals surface area contributed by atoms with Gasteiger partial charge in [-0.25, -0.2) is 4.68 Å². The summed E-state index contributed by atoms with van der Waals surface area (Å²) in [5.41, 5.74) is 4.03. The van der Waals surface area contributed by atoms with E-state index in [0.29, 0.717) is 13.2 Å². The molecule has 4 rings (SSSR count). The van der Waals surface area contributed by atoms with Gasteiger partial charge in [-0.1, -0.05) is 30.3 Å². The number of aromatic nitrogens is 1. The lowest BCUT2D eigenvalue weighted by Crippen LogP contribution is -2.17. The summed E-state index contributed by atoms with van der Waals surface area (Å²) in [5.74, 6) is 1.55. The minimum Gasteiger partial charge on any atom is -0.486 e. The van der Waals surface area contributed by atoms with Crippen molar-refractivity contribution in [3.8, 4) is 22.8 Å². The van der Waals surface area contributed by atoms with Gasteiger partial charge in [-0.2, -0.15) is 5.10 Å². The Balaban J connectivity index is 1.80. The zero-order valence-corrected chi connectivity index (χ0v) is 17.1. The number of rotatable bonds is 4. The fourth-order valence-electron chi connectivity index (χ4n) is 2.99. The lowest BCUT2D eigenvalue weighted by atomic mass is 10.1. The fraction of sp³-hybridized carbons (Fsp3) is 0.273. The molecule has 0 bridgehead atoms. The quantitative estimate of drug-likeness (QED) is 0.610. The molecule has 144 valence electrons. The van der Waals surface area contributed by atoms with E-state index in [9.17, 15) is 0 Å². The molecule has 2 aromatic carbocycles. The van der Waals surface area contributed by atoms with Crippen molar-refractivity contribution in [1.29, 1.82) is 0 Å². The van der Waals surface area contributed by atoms with Crippen LogP contribution in [0.4, 0.5) is 0 Å². The van der Waals surface area contributed by atoms with Crippen LogP contribution in [0, 0.1) is 0 Å². The Labute approximate surface area is 168 Å². The minimum atomic E-state index is 0.193. The van der Waals surface area contributed by atoms with Gasteiger partial charge in [0, 0.05) is 22.5 Å². The molecule has 28 heavy (non-hydrogen) atoms. The van der Waals surface area contributed by atoms with Crippen molar-refractivity contribution >= 4 is 17.0 Å². The van der Waals surface area contributed by atoms with Crippen molar-refractivity contribution in [3.05, 3.63) is 64.3 Å². The third kappa shape index (κ3) is 3.87. The van der Waals surface area contributed by atoms with Gasteiger partial charge >= 0.3 is 0 Å². The highest BCUT2D eigenvalue weighted by Gasteiger charge is 2.14. The van der Waals surface area contributed by atoms with Crippen molar-refractivity contribution in [2.24, 2.45) is 10.1 Å². The Morgan fingerprint density at radius 2 is 1.79 bits per heavy atom. The van der Waals surface area contributed by atoms with Gasteiger partial charge in [0.2, 0.25) is 4.80 Å². The second-order valence-corrected chi connectivity index (χ2v) is 7.68. The molecule has 2 heterocycles. The summed E-state index contributed by atoms with van der Waals surface area (Å²) in [6.07, 6.45) is 0. The molecule has 0 saturated carbocycles. The zero-order chi connectivity index (χ0) is 19.5. The first-order chi connectivity index (χ1) is 13.6. The van der Waals surface area contributed by atoms with E-state index >= 15 is 0 Å². The molecule has 1 aliphatic heterocycles. The molecule has 0 saturated heterocycles. The van der Waals surface area contributed by atoms with Gasteiger partial charge < -0.3 is 9.47 Å². The predicted octanol–water partition coefficient (Wildman–Crippen LogP) is 4.57. The van der Waals surface area contributed by atoms with E-state index < -0.39 is 0 Å². The van der Waals surface area contributed by atoms with Gasteiger partial charge in [0.1, 0.15) is 13.2 Å². The molecule has 1 aromatic heterocycles. The first-order valence-electron chi connectivity index (χ1n) is 9.37. The second kappa shape index (κ2) is 8.02. The Bertz CT molecular complexity index is 1060. The van der Waals surface area contributed by atoms with E-state index in [4.69, 9.17) is 19.6 Å². The SMILES string of the molecule is CC(=Nn1c(-c2ccccc2)csc1=NC(C)C)c1ccc2c(c1)OCCO2. The van der Waals surface area contributed by atoms with Gasteiger partial charge in [-0.3, -0.25) is 4.99 Å². The van der Waals surface area contributed by atoms with Crippen molar-refractivity contribution in [3.63, 3.8) is 0 Å². The van der Waals surface area contributed by atoms with E-state index in [2.05, 4.69) is 31.4 Å². The summed E-state index contributed by atoms with van der Waals surface area (Å²) < 4.78 is 13.3. The highest BCUT2D eigenvalue weighted by molar-refractivity contribution is 7.07. The maximum atomic E-state index is 5.72. The Morgan fingerprint density at radius 1 is 1.04 bits per heavy atom. The van der Waals surface area contributed by atoms with E-state index in [0.717, 1.165) is 38.8 Å². The minimum absolute atomic E-state index is 0.193. The maximum absolute atomic E-state index is 5.72. The smallest absolute Gasteiger partial charge is 0.206 e. The van der Waals surface area contributed by atoms with Crippen LogP contribution in [0.5, 0.6) is 11.5 Å². The third-order valence-corrected chi connectivity index (χ3v) is 5.16. The molecule has 0 amide bonds. The Hall–Kier alpha value is -2.86. The summed E-state index contributed by atoms with van der Waals surface area (Å²) in [4.78, 5) is 5.63. The van der Waals surface area contributed by atoms with Gasteiger partial charge in [0.25, 0.3) is 0 Å². The largest absolute Gasteiger partial charge is 0.486 e. The van der Waals surface area contributed by atoms with E-state index in [1.807, 2.05) is 48.0 Å². The Morgan fingerprint density at radius 3 is 2.54 bits per heavy atom. The molecular weight excluding hydrogens is 370 g/mol. The fourth-order valence-corrected chi connectivity index (χ4v) is 3.95. The van der Waals surface area contributed by atoms with E-state index in [1.165, 1.54) is 0 Å². The van der Waals surface area contributed by atoms with Crippen molar-refractivity contribution in [1.82, 2.24) is 4.68 Å². The zero-order valence-electron chi connectivity index (χ0n) is 16.3. The number of ether oxygens (including phenoxy) is 2. The molecule has 0 atom stereocenters. The average molecular weight is 394 g/mol. The number of fused-ring (bicyclic) bond motifs is 1. The number of hydrogen-bond donors (Lipinski definition) is 0. The molecule has 5 nitrogen and oxygen atoms in total. The molecule has 0 fully saturated rings. The van der Waals surface area contributed by atoms with Crippen LogP contribution in [-0.4, -0.2) is 29.6 Å². The summed E-state index contributed by atoms with van der Waals surface area (Å²) in [6, 6.07) is 16.4. The first-order valence-corrected chi connectivity index (χ1v) is 10.2. The predicted molar refractivity (Wildman–Crippen MR) is 113 cm³/mol. The molecular formula is C22H23N3O2S. The number of nitrogens with zero attached hydrogens (tertiary/aromatic N) is 3. The maximum Gasteiger partial charge on any atom is 0.206 e. The molecule has 0 spiro atoms. The molecule has 1 aliphatic rings. The standard InChI is InChI=1S/C22H23N3O2S/c1-15(2)23-22-25(19(14-28-22)17-7-5-4-6-8-17)24-16(3)18-9-10-20-21(13-18)27-12-11-26-20/h4-10,13-15H,11-12H2,1-3H3. The van der Waals surface area contributed by atoms with Crippen molar-refractivity contribution < 1.29 is 9.47 Å². The van der Waals surface area contributed by atoms with Gasteiger partial charge in [-0.05, 0) is 39.0 Å². The molecule has 0 aliphatic carbocycles. The lowest BCUT2D eigenvalue weighted by Gasteiger charge is -2.18. The average Bonchev–Trinajstić information content (AvgIpc) is 3.09. The molecule has 3 aromatic rings. The number of benzene rings is 2. The molecule has 6 heteroatoms. The van der Waals surface area contributed by atoms with Crippen LogP contribution in [0.1, 0.15) is 26.3 Å². The van der Waals surface area contributed by atoms with Gasteiger partial charge in [0.05, 0.1) is 11.4 Å². The summed E-state index contributed by atoms with van der Waals surface area (Å²) in [5, 5.41) is 7.03. The summed E-state index contributed by atoms with van der Waals surface area (Å²) >= 11 is 1.60. The van der Waals surface area contributed by atoms with Crippen LogP contribution in [0.15, 0.2) is 64.0 Å². The van der Waals surface area contributed by atoms with Crippen LogP contribution < -0.4 is 14.3 Å². The number of thiazole rings is 1. The molecule has 0 unspecified atom stereocenters. The van der Waals surface area contributed by atoms with Crippen LogP contribution in [0.2, 0.25) is 0 Å². The number of hydrogen-bond acceptors (Lipinski definition) is 5.